The molecule has 2 saturated heterocycles. The van der Waals surface area contributed by atoms with Gasteiger partial charge in [0.25, 0.3) is 0 Å². The van der Waals surface area contributed by atoms with Gasteiger partial charge in [-0.1, -0.05) is 83.7 Å². The summed E-state index contributed by atoms with van der Waals surface area (Å²) in [5.74, 6) is -1.50. The first-order chi connectivity index (χ1) is 18.4. The molecule has 4 heterocycles. The van der Waals surface area contributed by atoms with Gasteiger partial charge in [-0.25, -0.2) is 0 Å². The van der Waals surface area contributed by atoms with E-state index in [1.165, 1.54) is 22.3 Å². The highest BCUT2D eigenvalue weighted by Crippen LogP contribution is 2.40. The summed E-state index contributed by atoms with van der Waals surface area (Å²) >= 11 is 0. The Morgan fingerprint density at radius 3 is 1.28 bits per heavy atom. The molecular formula is C31H48O8. The molecule has 0 saturated carbocycles. The molecule has 8 heteroatoms. The number of hydrogen-bond donors (Lipinski definition) is 4. The summed E-state index contributed by atoms with van der Waals surface area (Å²) in [6.07, 6.45) is -0.233. The van der Waals surface area contributed by atoms with Gasteiger partial charge in [0.2, 0.25) is 0 Å². The molecule has 39 heavy (non-hydrogen) atoms. The molecule has 2 aromatic rings. The molecule has 0 aromatic heterocycles. The summed E-state index contributed by atoms with van der Waals surface area (Å²) < 4.78 is 22.9. The number of ether oxygens (including phenoxy) is 4. The van der Waals surface area contributed by atoms with Crippen molar-refractivity contribution in [2.75, 3.05) is 13.2 Å². The fourth-order valence-electron chi connectivity index (χ4n) is 5.28. The van der Waals surface area contributed by atoms with Gasteiger partial charge in [-0.05, 0) is 22.3 Å². The van der Waals surface area contributed by atoms with Crippen LogP contribution in [0.3, 0.4) is 0 Å². The third-order valence-electron chi connectivity index (χ3n) is 7.13. The molecule has 2 aromatic carbocycles. The molecule has 8 nitrogen and oxygen atoms in total. The van der Waals surface area contributed by atoms with Gasteiger partial charge in [0.05, 0.1) is 38.6 Å². The summed E-state index contributed by atoms with van der Waals surface area (Å²) in [6, 6.07) is 16.2. The zero-order chi connectivity index (χ0) is 27.8. The summed E-state index contributed by atoms with van der Waals surface area (Å²) in [4.78, 5) is 0. The highest BCUT2D eigenvalue weighted by Gasteiger charge is 2.49. The van der Waals surface area contributed by atoms with E-state index in [4.69, 9.17) is 29.2 Å². The lowest BCUT2D eigenvalue weighted by Gasteiger charge is -2.34. The van der Waals surface area contributed by atoms with Crippen molar-refractivity contribution < 1.29 is 39.4 Å². The monoisotopic (exact) mass is 548 g/mol. The van der Waals surface area contributed by atoms with E-state index in [9.17, 15) is 10.2 Å². The zero-order valence-electron chi connectivity index (χ0n) is 23.0. The van der Waals surface area contributed by atoms with E-state index in [0.717, 1.165) is 0 Å². The largest absolute Gasteiger partial charge is 0.394 e. The van der Waals surface area contributed by atoms with Crippen molar-refractivity contribution in [2.24, 2.45) is 0 Å². The summed E-state index contributed by atoms with van der Waals surface area (Å²) in [5, 5.41) is 37.8. The van der Waals surface area contributed by atoms with E-state index < -0.39 is 36.0 Å². The molecule has 2 spiro atoms. The maximum atomic E-state index is 9.79. The van der Waals surface area contributed by atoms with Crippen LogP contribution in [0.1, 0.15) is 70.2 Å². The Morgan fingerprint density at radius 1 is 0.641 bits per heavy atom. The fourth-order valence-corrected chi connectivity index (χ4v) is 5.28. The number of benzene rings is 2. The van der Waals surface area contributed by atoms with E-state index in [0.29, 0.717) is 38.9 Å². The van der Waals surface area contributed by atoms with Gasteiger partial charge < -0.3 is 39.4 Å². The minimum atomic E-state index is -0.749. The zero-order valence-corrected chi connectivity index (χ0v) is 23.0. The summed E-state index contributed by atoms with van der Waals surface area (Å²) in [5.41, 5.74) is 4.74. The van der Waals surface area contributed by atoms with Crippen molar-refractivity contribution in [3.05, 3.63) is 70.8 Å². The van der Waals surface area contributed by atoms with Crippen LogP contribution in [0, 0.1) is 0 Å². The normalized spacial score (nSPS) is 31.8. The average Bonchev–Trinajstić information content (AvgIpc) is 3.45. The van der Waals surface area contributed by atoms with Crippen LogP contribution in [0.5, 0.6) is 0 Å². The molecule has 0 radical (unpaired) electrons. The Morgan fingerprint density at radius 2 is 0.974 bits per heavy atom. The quantitative estimate of drug-likeness (QED) is 0.447. The van der Waals surface area contributed by atoms with E-state index in [1.807, 2.05) is 64.1 Å². The Kier molecular flexibility index (Phi) is 13.0. The first-order valence-corrected chi connectivity index (χ1v) is 13.8. The van der Waals surface area contributed by atoms with Crippen LogP contribution in [0.15, 0.2) is 48.5 Å². The number of fused-ring (bicyclic) bond motifs is 2. The van der Waals surface area contributed by atoms with Crippen LogP contribution < -0.4 is 0 Å². The van der Waals surface area contributed by atoms with E-state index in [-0.39, 0.29) is 20.6 Å². The van der Waals surface area contributed by atoms with Gasteiger partial charge in [-0.15, -0.1) is 0 Å². The lowest BCUT2D eigenvalue weighted by molar-refractivity contribution is -0.242. The minimum Gasteiger partial charge on any atom is -0.394 e. The molecule has 6 atom stereocenters. The van der Waals surface area contributed by atoms with Gasteiger partial charge in [-0.3, -0.25) is 0 Å². The molecule has 0 amide bonds. The molecule has 0 unspecified atom stereocenters. The maximum Gasteiger partial charge on any atom is 0.175 e. The predicted octanol–water partition coefficient (Wildman–Crippen LogP) is 3.88. The van der Waals surface area contributed by atoms with E-state index in [2.05, 4.69) is 12.1 Å². The maximum absolute atomic E-state index is 9.79. The third-order valence-corrected chi connectivity index (χ3v) is 7.13. The average molecular weight is 549 g/mol. The van der Waals surface area contributed by atoms with Crippen LogP contribution in [0.2, 0.25) is 0 Å². The molecule has 0 bridgehead atoms. The Labute approximate surface area is 233 Å². The van der Waals surface area contributed by atoms with Crippen LogP contribution in [0.4, 0.5) is 0 Å². The SMILES string of the molecule is C.CC.CC.OC[C@H]1O[C@@]2(Cc3ccccc3CO2)C[C@@H]1O.OC[C@H]1O[C@]2(Cc3ccccc3CO2)C[C@@H]1O. The fraction of sp³-hybridized carbons (Fsp3) is 0.613. The lowest BCUT2D eigenvalue weighted by Crippen LogP contribution is -2.39. The number of aliphatic hydroxyl groups excluding tert-OH is 4. The number of rotatable bonds is 2. The summed E-state index contributed by atoms with van der Waals surface area (Å²) in [6.45, 7) is 8.66. The van der Waals surface area contributed by atoms with Crippen molar-refractivity contribution in [3.63, 3.8) is 0 Å². The van der Waals surface area contributed by atoms with Gasteiger partial charge in [-0.2, -0.15) is 0 Å². The highest BCUT2D eigenvalue weighted by molar-refractivity contribution is 5.30. The second kappa shape index (κ2) is 15.2. The van der Waals surface area contributed by atoms with Crippen molar-refractivity contribution in [1.29, 1.82) is 0 Å². The Bertz CT molecular complexity index is 921. The molecule has 220 valence electrons. The smallest absolute Gasteiger partial charge is 0.175 e. The van der Waals surface area contributed by atoms with Crippen LogP contribution in [0.25, 0.3) is 0 Å². The van der Waals surface area contributed by atoms with Crippen molar-refractivity contribution in [2.45, 2.75) is 110 Å². The minimum absolute atomic E-state index is 0. The van der Waals surface area contributed by atoms with Crippen LogP contribution >= 0.6 is 0 Å². The van der Waals surface area contributed by atoms with Crippen molar-refractivity contribution >= 4 is 0 Å². The predicted molar refractivity (Wildman–Crippen MR) is 150 cm³/mol. The molecule has 2 fully saturated rings. The molecular weight excluding hydrogens is 500 g/mol. The Balaban J connectivity index is 0.000000238. The second-order valence-corrected chi connectivity index (χ2v) is 9.51. The first kappa shape index (κ1) is 33.3. The molecule has 0 aliphatic carbocycles. The van der Waals surface area contributed by atoms with Gasteiger partial charge >= 0.3 is 0 Å². The number of aliphatic hydroxyl groups is 4. The van der Waals surface area contributed by atoms with Gasteiger partial charge in [0.1, 0.15) is 12.2 Å². The third kappa shape index (κ3) is 7.65. The van der Waals surface area contributed by atoms with Crippen LogP contribution in [-0.4, -0.2) is 69.6 Å². The molecule has 4 N–H and O–H groups in total. The Hall–Kier alpha value is -1.88. The van der Waals surface area contributed by atoms with Gasteiger partial charge in [0.15, 0.2) is 11.6 Å². The van der Waals surface area contributed by atoms with Crippen LogP contribution in [-0.2, 0) is 45.0 Å². The first-order valence-electron chi connectivity index (χ1n) is 13.8. The topological polar surface area (TPSA) is 118 Å². The second-order valence-electron chi connectivity index (χ2n) is 9.51. The highest BCUT2D eigenvalue weighted by atomic mass is 16.7. The van der Waals surface area contributed by atoms with Gasteiger partial charge in [0, 0.05) is 25.7 Å². The number of hydrogen-bond acceptors (Lipinski definition) is 8. The van der Waals surface area contributed by atoms with Crippen molar-refractivity contribution in [1.82, 2.24) is 0 Å². The van der Waals surface area contributed by atoms with E-state index in [1.54, 1.807) is 0 Å². The summed E-state index contributed by atoms with van der Waals surface area (Å²) in [7, 11) is 0. The lowest BCUT2D eigenvalue weighted by atomic mass is 9.94. The molecule has 6 rings (SSSR count). The van der Waals surface area contributed by atoms with E-state index >= 15 is 0 Å². The molecule has 4 aliphatic rings. The molecule has 4 aliphatic heterocycles. The standard InChI is InChI=1S/2C13H16O4.2C2H6.CH4/c2*14-7-12-11(15)6-13(17-12)5-9-3-1-2-4-10(9)8-16-13;2*1-2;/h2*1-4,11-12,14-15H,5-8H2;2*1-2H3;1H4/t11-,12+,13+;11-,12+,13-;;;/m00.../s1. The van der Waals surface area contributed by atoms with Crippen molar-refractivity contribution in [3.8, 4) is 0 Å².